The Labute approximate surface area is 137 Å². The van der Waals surface area contributed by atoms with Crippen LogP contribution >= 0.6 is 0 Å². The second-order valence-electron chi connectivity index (χ2n) is 5.30. The number of esters is 1. The van der Waals surface area contributed by atoms with Crippen LogP contribution in [-0.4, -0.2) is 19.2 Å². The molecule has 2 aromatic rings. The molecule has 0 amide bonds. The van der Waals surface area contributed by atoms with Crippen LogP contribution in [0.15, 0.2) is 48.5 Å². The monoisotopic (exact) mass is 314 g/mol. The van der Waals surface area contributed by atoms with E-state index < -0.39 is 5.97 Å². The van der Waals surface area contributed by atoms with Crippen molar-refractivity contribution in [2.75, 3.05) is 7.11 Å². The molecule has 0 N–H and O–H groups in total. The summed E-state index contributed by atoms with van der Waals surface area (Å²) in [6.07, 6.45) is 0.938. The second-order valence-corrected chi connectivity index (χ2v) is 5.30. The summed E-state index contributed by atoms with van der Waals surface area (Å²) >= 11 is 0. The zero-order chi connectivity index (χ0) is 16.7. The van der Waals surface area contributed by atoms with Gasteiger partial charge in [0, 0.05) is 6.07 Å². The van der Waals surface area contributed by atoms with E-state index in [-0.39, 0.29) is 6.10 Å². The SMILES string of the molecule is CC[C@H](C)Oc1cc(OCc2ccccc2)cc(C(=O)OC)c1. The molecule has 0 saturated carbocycles. The summed E-state index contributed by atoms with van der Waals surface area (Å²) in [6.45, 7) is 4.45. The molecule has 0 aliphatic heterocycles. The van der Waals surface area contributed by atoms with Crippen molar-refractivity contribution in [3.63, 3.8) is 0 Å². The molecule has 2 aromatic carbocycles. The molecule has 0 bridgehead atoms. The number of carbonyl (C=O) groups excluding carboxylic acids is 1. The first kappa shape index (κ1) is 16.9. The third-order valence-corrected chi connectivity index (χ3v) is 3.46. The van der Waals surface area contributed by atoms with Crippen LogP contribution in [0, 0.1) is 0 Å². The minimum absolute atomic E-state index is 0.0601. The number of benzene rings is 2. The van der Waals surface area contributed by atoms with Gasteiger partial charge in [0.15, 0.2) is 0 Å². The Hall–Kier alpha value is -2.49. The van der Waals surface area contributed by atoms with Crippen LogP contribution in [0.2, 0.25) is 0 Å². The van der Waals surface area contributed by atoms with Gasteiger partial charge in [-0.3, -0.25) is 0 Å². The Kier molecular flexibility index (Phi) is 6.03. The van der Waals surface area contributed by atoms with Gasteiger partial charge in [0.1, 0.15) is 18.1 Å². The van der Waals surface area contributed by atoms with Gasteiger partial charge in [-0.15, -0.1) is 0 Å². The lowest BCUT2D eigenvalue weighted by Crippen LogP contribution is -2.11. The van der Waals surface area contributed by atoms with Crippen LogP contribution in [0.4, 0.5) is 0 Å². The number of methoxy groups -OCH3 is 1. The molecular weight excluding hydrogens is 292 g/mol. The third-order valence-electron chi connectivity index (χ3n) is 3.46. The molecule has 0 aliphatic carbocycles. The third kappa shape index (κ3) is 5.02. The predicted octanol–water partition coefficient (Wildman–Crippen LogP) is 4.23. The molecule has 4 nitrogen and oxygen atoms in total. The van der Waals surface area contributed by atoms with E-state index in [1.54, 1.807) is 18.2 Å². The van der Waals surface area contributed by atoms with Gasteiger partial charge in [-0.25, -0.2) is 4.79 Å². The highest BCUT2D eigenvalue weighted by Gasteiger charge is 2.12. The van der Waals surface area contributed by atoms with Crippen molar-refractivity contribution in [2.24, 2.45) is 0 Å². The fourth-order valence-electron chi connectivity index (χ4n) is 2.02. The number of ether oxygens (including phenoxy) is 3. The summed E-state index contributed by atoms with van der Waals surface area (Å²) in [5, 5.41) is 0. The summed E-state index contributed by atoms with van der Waals surface area (Å²) in [7, 11) is 1.36. The molecule has 4 heteroatoms. The maximum atomic E-state index is 11.8. The van der Waals surface area contributed by atoms with Gasteiger partial charge in [-0.1, -0.05) is 37.3 Å². The van der Waals surface area contributed by atoms with E-state index in [9.17, 15) is 4.79 Å². The Morgan fingerprint density at radius 2 is 1.78 bits per heavy atom. The predicted molar refractivity (Wildman–Crippen MR) is 88.9 cm³/mol. The van der Waals surface area contributed by atoms with Gasteiger partial charge in [0.25, 0.3) is 0 Å². The van der Waals surface area contributed by atoms with E-state index in [1.807, 2.05) is 44.2 Å². The second kappa shape index (κ2) is 8.22. The summed E-state index contributed by atoms with van der Waals surface area (Å²) in [5.74, 6) is 0.768. The number of hydrogen-bond donors (Lipinski definition) is 0. The van der Waals surface area contributed by atoms with Crippen LogP contribution in [0.3, 0.4) is 0 Å². The summed E-state index contributed by atoms with van der Waals surface area (Å²) in [5.41, 5.74) is 1.47. The van der Waals surface area contributed by atoms with Crippen LogP contribution in [0.1, 0.15) is 36.2 Å². The lowest BCUT2D eigenvalue weighted by atomic mass is 10.2. The van der Waals surface area contributed by atoms with Crippen molar-refractivity contribution >= 4 is 5.97 Å². The average Bonchev–Trinajstić information content (AvgIpc) is 2.59. The molecule has 23 heavy (non-hydrogen) atoms. The molecule has 0 saturated heterocycles. The molecule has 0 unspecified atom stereocenters. The normalized spacial score (nSPS) is 11.6. The zero-order valence-electron chi connectivity index (χ0n) is 13.7. The summed E-state index contributed by atoms with van der Waals surface area (Å²) < 4.78 is 16.4. The maximum absolute atomic E-state index is 11.8. The van der Waals surface area contributed by atoms with Gasteiger partial charge in [-0.2, -0.15) is 0 Å². The number of carbonyl (C=O) groups is 1. The Morgan fingerprint density at radius 3 is 2.43 bits per heavy atom. The van der Waals surface area contributed by atoms with Crippen molar-refractivity contribution in [3.05, 3.63) is 59.7 Å². The number of hydrogen-bond acceptors (Lipinski definition) is 4. The fraction of sp³-hybridized carbons (Fsp3) is 0.316. The molecule has 2 rings (SSSR count). The Bertz CT molecular complexity index is 637. The van der Waals surface area contributed by atoms with Crippen molar-refractivity contribution in [1.29, 1.82) is 0 Å². The molecule has 0 heterocycles. The molecule has 0 radical (unpaired) electrons. The average molecular weight is 314 g/mol. The van der Waals surface area contributed by atoms with Crippen molar-refractivity contribution in [2.45, 2.75) is 33.0 Å². The molecular formula is C19H22O4. The first-order valence-electron chi connectivity index (χ1n) is 7.69. The highest BCUT2D eigenvalue weighted by molar-refractivity contribution is 5.90. The zero-order valence-corrected chi connectivity index (χ0v) is 13.7. The topological polar surface area (TPSA) is 44.8 Å². The van der Waals surface area contributed by atoms with E-state index >= 15 is 0 Å². The molecule has 122 valence electrons. The van der Waals surface area contributed by atoms with Crippen molar-refractivity contribution in [1.82, 2.24) is 0 Å². The molecule has 0 spiro atoms. The fourth-order valence-corrected chi connectivity index (χ4v) is 2.02. The van der Waals surface area contributed by atoms with Gasteiger partial charge < -0.3 is 14.2 Å². The van der Waals surface area contributed by atoms with E-state index in [2.05, 4.69) is 0 Å². The van der Waals surface area contributed by atoms with Crippen LogP contribution in [0.25, 0.3) is 0 Å². The summed E-state index contributed by atoms with van der Waals surface area (Å²) in [6, 6.07) is 15.0. The van der Waals surface area contributed by atoms with Gasteiger partial charge in [-0.05, 0) is 31.0 Å². The smallest absolute Gasteiger partial charge is 0.338 e. The molecule has 1 atom stereocenters. The highest BCUT2D eigenvalue weighted by atomic mass is 16.5. The molecule has 0 aliphatic rings. The van der Waals surface area contributed by atoms with Gasteiger partial charge in [0.05, 0.1) is 18.8 Å². The highest BCUT2D eigenvalue weighted by Crippen LogP contribution is 2.25. The van der Waals surface area contributed by atoms with Crippen LogP contribution in [-0.2, 0) is 11.3 Å². The largest absolute Gasteiger partial charge is 0.491 e. The van der Waals surface area contributed by atoms with E-state index in [1.165, 1.54) is 7.11 Å². The quantitative estimate of drug-likeness (QED) is 0.717. The summed E-state index contributed by atoms with van der Waals surface area (Å²) in [4.78, 5) is 11.8. The van der Waals surface area contributed by atoms with Crippen LogP contribution in [0.5, 0.6) is 11.5 Å². The first-order valence-corrected chi connectivity index (χ1v) is 7.69. The first-order chi connectivity index (χ1) is 11.1. The van der Waals surface area contributed by atoms with Gasteiger partial charge >= 0.3 is 5.97 Å². The van der Waals surface area contributed by atoms with E-state index in [0.717, 1.165) is 12.0 Å². The lowest BCUT2D eigenvalue weighted by Gasteiger charge is -2.15. The van der Waals surface area contributed by atoms with E-state index in [4.69, 9.17) is 14.2 Å². The number of rotatable bonds is 7. The Morgan fingerprint density at radius 1 is 1.09 bits per heavy atom. The Balaban J connectivity index is 2.19. The van der Waals surface area contributed by atoms with Gasteiger partial charge in [0.2, 0.25) is 0 Å². The molecule has 0 aromatic heterocycles. The minimum atomic E-state index is -0.413. The maximum Gasteiger partial charge on any atom is 0.338 e. The van der Waals surface area contributed by atoms with E-state index in [0.29, 0.717) is 23.7 Å². The minimum Gasteiger partial charge on any atom is -0.491 e. The van der Waals surface area contributed by atoms with Crippen molar-refractivity contribution < 1.29 is 19.0 Å². The standard InChI is InChI=1S/C19H22O4/c1-4-14(2)23-18-11-16(19(20)21-3)10-17(12-18)22-13-15-8-6-5-7-9-15/h5-12,14H,4,13H2,1-3H3/t14-/m0/s1. The lowest BCUT2D eigenvalue weighted by molar-refractivity contribution is 0.0599. The van der Waals surface area contributed by atoms with Crippen LogP contribution < -0.4 is 9.47 Å². The molecule has 0 fully saturated rings. The van der Waals surface area contributed by atoms with Crippen molar-refractivity contribution in [3.8, 4) is 11.5 Å².